The van der Waals surface area contributed by atoms with Gasteiger partial charge in [0, 0.05) is 12.1 Å². The fourth-order valence-electron chi connectivity index (χ4n) is 2.19. The van der Waals surface area contributed by atoms with Gasteiger partial charge in [-0.15, -0.1) is 0 Å². The maximum atomic E-state index is 10.8. The molecule has 2 rings (SSSR count). The Labute approximate surface area is 132 Å². The first kappa shape index (κ1) is 16.1. The molecule has 0 saturated carbocycles. The lowest BCUT2D eigenvalue weighted by Crippen LogP contribution is -2.15. The quantitative estimate of drug-likeness (QED) is 0.788. The molecule has 5 nitrogen and oxygen atoms in total. The van der Waals surface area contributed by atoms with Crippen LogP contribution >= 0.6 is 23.4 Å². The van der Waals surface area contributed by atoms with Gasteiger partial charge >= 0.3 is 5.97 Å². The van der Waals surface area contributed by atoms with E-state index < -0.39 is 5.97 Å². The van der Waals surface area contributed by atoms with Crippen molar-refractivity contribution in [1.82, 2.24) is 9.55 Å². The van der Waals surface area contributed by atoms with Crippen molar-refractivity contribution in [3.8, 4) is 0 Å². The van der Waals surface area contributed by atoms with Crippen LogP contribution in [0.1, 0.15) is 19.4 Å². The molecule has 0 aliphatic rings. The molecule has 1 heterocycles. The van der Waals surface area contributed by atoms with Gasteiger partial charge in [0.1, 0.15) is 0 Å². The van der Waals surface area contributed by atoms with Crippen LogP contribution in [0.4, 0.5) is 0 Å². The molecule has 1 aromatic heterocycles. The van der Waals surface area contributed by atoms with E-state index in [1.807, 2.05) is 16.7 Å². The molecule has 0 bridgehead atoms. The van der Waals surface area contributed by atoms with Crippen molar-refractivity contribution < 1.29 is 14.6 Å². The van der Waals surface area contributed by atoms with E-state index in [1.165, 1.54) is 11.8 Å². The molecule has 0 spiro atoms. The highest BCUT2D eigenvalue weighted by atomic mass is 35.5. The smallest absolute Gasteiger partial charge is 0.313 e. The maximum Gasteiger partial charge on any atom is 0.313 e. The predicted octanol–water partition coefficient (Wildman–Crippen LogP) is 3.46. The van der Waals surface area contributed by atoms with Gasteiger partial charge in [0.05, 0.1) is 29.4 Å². The number of benzene rings is 1. The third-order valence-corrected chi connectivity index (χ3v) is 4.31. The zero-order valence-electron chi connectivity index (χ0n) is 11.9. The number of carboxylic acid groups (broad SMARTS) is 1. The molecular weight excluding hydrogens is 312 g/mol. The Hall–Kier alpha value is -1.24. The van der Waals surface area contributed by atoms with E-state index in [0.29, 0.717) is 16.8 Å². The number of ether oxygens (including phenoxy) is 1. The van der Waals surface area contributed by atoms with Crippen LogP contribution in [-0.2, 0) is 9.53 Å². The summed E-state index contributed by atoms with van der Waals surface area (Å²) in [6.45, 7) is 2.60. The first-order chi connectivity index (χ1) is 10.1. The molecule has 114 valence electrons. The number of halogens is 1. The van der Waals surface area contributed by atoms with Crippen molar-refractivity contribution >= 4 is 40.4 Å². The van der Waals surface area contributed by atoms with E-state index in [4.69, 9.17) is 21.4 Å². The van der Waals surface area contributed by atoms with Crippen molar-refractivity contribution in [2.45, 2.75) is 24.5 Å². The van der Waals surface area contributed by atoms with Crippen LogP contribution in [0.25, 0.3) is 11.0 Å². The second kappa shape index (κ2) is 7.15. The van der Waals surface area contributed by atoms with Gasteiger partial charge in [-0.05, 0) is 24.6 Å². The molecule has 1 aromatic carbocycles. The van der Waals surface area contributed by atoms with Crippen molar-refractivity contribution in [3.63, 3.8) is 0 Å². The Kier molecular flexibility index (Phi) is 5.50. The molecule has 0 saturated heterocycles. The Balaban J connectivity index is 2.51. The van der Waals surface area contributed by atoms with E-state index in [1.54, 1.807) is 13.2 Å². The number of aromatic nitrogens is 2. The number of fused-ring (bicyclic) bond motifs is 1. The van der Waals surface area contributed by atoms with Gasteiger partial charge in [-0.2, -0.15) is 0 Å². The maximum absolute atomic E-state index is 10.8. The number of thioether (sulfide) groups is 1. The van der Waals surface area contributed by atoms with Crippen LogP contribution in [0.3, 0.4) is 0 Å². The van der Waals surface area contributed by atoms with Crippen molar-refractivity contribution in [1.29, 1.82) is 0 Å². The summed E-state index contributed by atoms with van der Waals surface area (Å²) < 4.78 is 7.30. The second-order valence-electron chi connectivity index (χ2n) is 4.60. The van der Waals surface area contributed by atoms with Gasteiger partial charge in [-0.3, -0.25) is 4.79 Å². The van der Waals surface area contributed by atoms with E-state index in [9.17, 15) is 4.79 Å². The summed E-state index contributed by atoms with van der Waals surface area (Å²) in [5.74, 6) is -0.892. The van der Waals surface area contributed by atoms with Crippen LogP contribution in [0, 0.1) is 0 Å². The zero-order chi connectivity index (χ0) is 15.4. The number of carbonyl (C=O) groups is 1. The Morgan fingerprint density at radius 2 is 2.33 bits per heavy atom. The number of carboxylic acids is 1. The number of nitrogens with zero attached hydrogens (tertiary/aromatic N) is 2. The highest BCUT2D eigenvalue weighted by Crippen LogP contribution is 2.31. The van der Waals surface area contributed by atoms with Gasteiger partial charge in [0.2, 0.25) is 0 Å². The molecule has 7 heteroatoms. The minimum Gasteiger partial charge on any atom is -0.481 e. The number of hydrogen-bond donors (Lipinski definition) is 1. The standard InChI is InChI=1S/C14H17ClN2O3S/c1-3-10(7-20-2)17-12-6-9(15)4-5-11(12)16-14(17)21-8-13(18)19/h4-6,10H,3,7-8H2,1-2H3,(H,18,19). The normalized spacial score (nSPS) is 12.7. The minimum atomic E-state index is -0.864. The van der Waals surface area contributed by atoms with Gasteiger partial charge in [-0.25, -0.2) is 4.98 Å². The molecule has 0 aliphatic heterocycles. The molecule has 1 unspecified atom stereocenters. The summed E-state index contributed by atoms with van der Waals surface area (Å²) in [4.78, 5) is 15.3. The highest BCUT2D eigenvalue weighted by Gasteiger charge is 2.19. The van der Waals surface area contributed by atoms with Gasteiger partial charge < -0.3 is 14.4 Å². The number of methoxy groups -OCH3 is 1. The summed E-state index contributed by atoms with van der Waals surface area (Å²) in [6, 6.07) is 5.57. The fraction of sp³-hybridized carbons (Fsp3) is 0.429. The van der Waals surface area contributed by atoms with Crippen LogP contribution in [0.2, 0.25) is 5.02 Å². The fourth-order valence-corrected chi connectivity index (χ4v) is 3.16. The van der Waals surface area contributed by atoms with Gasteiger partial charge in [-0.1, -0.05) is 30.3 Å². The van der Waals surface area contributed by atoms with Crippen LogP contribution < -0.4 is 0 Å². The SMILES string of the molecule is CCC(COC)n1c(SCC(=O)O)nc2ccc(Cl)cc21. The average Bonchev–Trinajstić information content (AvgIpc) is 2.80. The number of rotatable bonds is 7. The molecular formula is C14H17ClN2O3S. The van der Waals surface area contributed by atoms with Crippen LogP contribution in [0.5, 0.6) is 0 Å². The van der Waals surface area contributed by atoms with Crippen molar-refractivity contribution in [2.75, 3.05) is 19.5 Å². The minimum absolute atomic E-state index is 0.0273. The third-order valence-electron chi connectivity index (χ3n) is 3.14. The summed E-state index contributed by atoms with van der Waals surface area (Å²) >= 11 is 7.29. The Morgan fingerprint density at radius 1 is 1.57 bits per heavy atom. The number of hydrogen-bond acceptors (Lipinski definition) is 4. The second-order valence-corrected chi connectivity index (χ2v) is 5.98. The van der Waals surface area contributed by atoms with Crippen molar-refractivity contribution in [3.05, 3.63) is 23.2 Å². The molecule has 1 atom stereocenters. The zero-order valence-corrected chi connectivity index (χ0v) is 13.4. The van der Waals surface area contributed by atoms with Gasteiger partial charge in [0.15, 0.2) is 5.16 Å². The summed E-state index contributed by atoms with van der Waals surface area (Å²) in [5, 5.41) is 10.2. The topological polar surface area (TPSA) is 64.3 Å². The molecule has 1 N–H and O–H groups in total. The summed E-state index contributed by atoms with van der Waals surface area (Å²) in [5.41, 5.74) is 1.71. The first-order valence-electron chi connectivity index (χ1n) is 6.57. The molecule has 0 amide bonds. The Bertz CT molecular complexity index is 644. The summed E-state index contributed by atoms with van der Waals surface area (Å²) in [6.07, 6.45) is 0.854. The largest absolute Gasteiger partial charge is 0.481 e. The predicted molar refractivity (Wildman–Crippen MR) is 84.3 cm³/mol. The van der Waals surface area contributed by atoms with E-state index in [-0.39, 0.29) is 11.8 Å². The number of aliphatic carboxylic acids is 1. The van der Waals surface area contributed by atoms with E-state index >= 15 is 0 Å². The van der Waals surface area contributed by atoms with Crippen LogP contribution in [0.15, 0.2) is 23.4 Å². The lowest BCUT2D eigenvalue weighted by atomic mass is 10.2. The molecule has 2 aromatic rings. The third kappa shape index (κ3) is 3.70. The highest BCUT2D eigenvalue weighted by molar-refractivity contribution is 7.99. The van der Waals surface area contributed by atoms with Gasteiger partial charge in [0.25, 0.3) is 0 Å². The molecule has 0 aliphatic carbocycles. The lowest BCUT2D eigenvalue weighted by molar-refractivity contribution is -0.133. The number of imidazole rings is 1. The molecule has 0 fully saturated rings. The first-order valence-corrected chi connectivity index (χ1v) is 7.94. The van der Waals surface area contributed by atoms with Crippen molar-refractivity contribution in [2.24, 2.45) is 0 Å². The van der Waals surface area contributed by atoms with Crippen LogP contribution in [-0.4, -0.2) is 40.1 Å². The van der Waals surface area contributed by atoms with E-state index in [2.05, 4.69) is 11.9 Å². The van der Waals surface area contributed by atoms with E-state index in [0.717, 1.165) is 17.5 Å². The monoisotopic (exact) mass is 328 g/mol. The lowest BCUT2D eigenvalue weighted by Gasteiger charge is -2.19. The average molecular weight is 329 g/mol. The molecule has 21 heavy (non-hydrogen) atoms. The molecule has 0 radical (unpaired) electrons. The summed E-state index contributed by atoms with van der Waals surface area (Å²) in [7, 11) is 1.65. The Morgan fingerprint density at radius 3 is 2.95 bits per heavy atom.